The summed E-state index contributed by atoms with van der Waals surface area (Å²) in [5.74, 6) is 2.36. The van der Waals surface area contributed by atoms with E-state index in [0.717, 1.165) is 21.3 Å². The molecule has 0 bridgehead atoms. The predicted molar refractivity (Wildman–Crippen MR) is 80.6 cm³/mol. The van der Waals surface area contributed by atoms with E-state index in [0.29, 0.717) is 5.92 Å². The van der Waals surface area contributed by atoms with Crippen LogP contribution >= 0.6 is 27.3 Å². The van der Waals surface area contributed by atoms with E-state index in [9.17, 15) is 0 Å². The molecule has 1 unspecified atom stereocenters. The fraction of sp³-hybridized carbons (Fsp3) is 0.462. The molecule has 100 valence electrons. The third-order valence-electron chi connectivity index (χ3n) is 3.03. The van der Waals surface area contributed by atoms with Crippen molar-refractivity contribution >= 4 is 33.1 Å². The van der Waals surface area contributed by atoms with Crippen molar-refractivity contribution in [1.82, 2.24) is 15.0 Å². The second-order valence-corrected chi connectivity index (χ2v) is 6.96. The standard InChI is InChI=1S/C13H15BrN4S/c1-7-6-15-13(19-7)8(2)16-11-5-10(14)17-12(18-11)9-3-4-9/h5-6,8-9H,3-4H2,1-2H3,(H,16,17,18). The fourth-order valence-electron chi connectivity index (χ4n) is 1.89. The van der Waals surface area contributed by atoms with E-state index in [1.165, 1.54) is 17.7 Å². The van der Waals surface area contributed by atoms with Gasteiger partial charge in [0.2, 0.25) is 0 Å². The smallest absolute Gasteiger partial charge is 0.135 e. The summed E-state index contributed by atoms with van der Waals surface area (Å²) in [5.41, 5.74) is 0. The molecule has 1 aliphatic rings. The van der Waals surface area contributed by atoms with Gasteiger partial charge in [-0.2, -0.15) is 0 Å². The normalized spacial score (nSPS) is 16.4. The molecule has 2 aromatic heterocycles. The zero-order valence-corrected chi connectivity index (χ0v) is 13.3. The Kier molecular flexibility index (Phi) is 3.54. The highest BCUT2D eigenvalue weighted by Crippen LogP contribution is 2.39. The number of hydrogen-bond donors (Lipinski definition) is 1. The summed E-state index contributed by atoms with van der Waals surface area (Å²) in [6.07, 6.45) is 4.32. The molecule has 1 saturated carbocycles. The van der Waals surface area contributed by atoms with E-state index in [-0.39, 0.29) is 6.04 Å². The van der Waals surface area contributed by atoms with Gasteiger partial charge in [-0.05, 0) is 42.6 Å². The van der Waals surface area contributed by atoms with Crippen molar-refractivity contribution in [1.29, 1.82) is 0 Å². The van der Waals surface area contributed by atoms with Gasteiger partial charge < -0.3 is 5.32 Å². The van der Waals surface area contributed by atoms with Crippen LogP contribution in [-0.4, -0.2) is 15.0 Å². The van der Waals surface area contributed by atoms with Crippen LogP contribution in [0, 0.1) is 6.92 Å². The number of nitrogens with zero attached hydrogens (tertiary/aromatic N) is 3. The Morgan fingerprint density at radius 1 is 1.42 bits per heavy atom. The Morgan fingerprint density at radius 3 is 2.84 bits per heavy atom. The first-order valence-corrected chi connectivity index (χ1v) is 7.96. The lowest BCUT2D eigenvalue weighted by Gasteiger charge is -2.12. The van der Waals surface area contributed by atoms with Gasteiger partial charge in [-0.25, -0.2) is 15.0 Å². The quantitative estimate of drug-likeness (QED) is 0.854. The SMILES string of the molecule is Cc1cnc(C(C)Nc2cc(Br)nc(C3CC3)n2)s1. The van der Waals surface area contributed by atoms with Crippen LogP contribution in [0.15, 0.2) is 16.9 Å². The third kappa shape index (κ3) is 3.12. The highest BCUT2D eigenvalue weighted by Gasteiger charge is 2.27. The second-order valence-electron chi connectivity index (χ2n) is 4.88. The minimum Gasteiger partial charge on any atom is -0.361 e. The number of halogens is 1. The topological polar surface area (TPSA) is 50.7 Å². The number of aromatic nitrogens is 3. The maximum Gasteiger partial charge on any atom is 0.135 e. The molecule has 0 spiro atoms. The van der Waals surface area contributed by atoms with Gasteiger partial charge in [0.05, 0.1) is 6.04 Å². The molecule has 1 fully saturated rings. The van der Waals surface area contributed by atoms with Crippen molar-refractivity contribution < 1.29 is 0 Å². The summed E-state index contributed by atoms with van der Waals surface area (Å²) in [7, 11) is 0. The molecule has 1 N–H and O–H groups in total. The van der Waals surface area contributed by atoms with Gasteiger partial charge in [0.25, 0.3) is 0 Å². The first-order chi connectivity index (χ1) is 9.11. The summed E-state index contributed by atoms with van der Waals surface area (Å²) in [6.45, 7) is 4.17. The van der Waals surface area contributed by atoms with E-state index in [1.807, 2.05) is 12.3 Å². The molecular formula is C13H15BrN4S. The summed E-state index contributed by atoms with van der Waals surface area (Å²) >= 11 is 5.17. The number of thiazole rings is 1. The van der Waals surface area contributed by atoms with E-state index in [4.69, 9.17) is 0 Å². The van der Waals surface area contributed by atoms with Crippen LogP contribution in [0.4, 0.5) is 5.82 Å². The monoisotopic (exact) mass is 338 g/mol. The highest BCUT2D eigenvalue weighted by molar-refractivity contribution is 9.10. The number of anilines is 1. The van der Waals surface area contributed by atoms with Gasteiger partial charge in [-0.1, -0.05) is 0 Å². The maximum atomic E-state index is 4.59. The Balaban J connectivity index is 1.78. The van der Waals surface area contributed by atoms with Crippen LogP contribution in [0.5, 0.6) is 0 Å². The first-order valence-electron chi connectivity index (χ1n) is 6.35. The van der Waals surface area contributed by atoms with E-state index < -0.39 is 0 Å². The van der Waals surface area contributed by atoms with E-state index in [1.54, 1.807) is 11.3 Å². The Morgan fingerprint density at radius 2 is 2.21 bits per heavy atom. The largest absolute Gasteiger partial charge is 0.361 e. The van der Waals surface area contributed by atoms with Crippen molar-refractivity contribution in [2.45, 2.75) is 38.6 Å². The van der Waals surface area contributed by atoms with Crippen molar-refractivity contribution in [2.75, 3.05) is 5.32 Å². The van der Waals surface area contributed by atoms with Gasteiger partial charge in [-0.15, -0.1) is 11.3 Å². The molecule has 2 heterocycles. The van der Waals surface area contributed by atoms with Crippen LogP contribution < -0.4 is 5.32 Å². The van der Waals surface area contributed by atoms with Crippen LogP contribution in [0.3, 0.4) is 0 Å². The molecule has 3 rings (SSSR count). The van der Waals surface area contributed by atoms with Crippen molar-refractivity contribution in [3.63, 3.8) is 0 Å². The van der Waals surface area contributed by atoms with Crippen LogP contribution in [0.25, 0.3) is 0 Å². The predicted octanol–water partition coefficient (Wildman–Crippen LogP) is 4.05. The molecular weight excluding hydrogens is 324 g/mol. The zero-order valence-electron chi connectivity index (χ0n) is 10.9. The summed E-state index contributed by atoms with van der Waals surface area (Å²) in [6, 6.07) is 2.08. The van der Waals surface area contributed by atoms with Crippen LogP contribution in [0.2, 0.25) is 0 Å². The highest BCUT2D eigenvalue weighted by atomic mass is 79.9. The van der Waals surface area contributed by atoms with Gasteiger partial charge >= 0.3 is 0 Å². The Hall–Kier alpha value is -1.01. The van der Waals surface area contributed by atoms with Crippen LogP contribution in [0.1, 0.15) is 47.4 Å². The lowest BCUT2D eigenvalue weighted by molar-refractivity contribution is 0.841. The summed E-state index contributed by atoms with van der Waals surface area (Å²) in [4.78, 5) is 14.7. The number of rotatable bonds is 4. The molecule has 19 heavy (non-hydrogen) atoms. The fourth-order valence-corrected chi connectivity index (χ4v) is 3.06. The van der Waals surface area contributed by atoms with Crippen LogP contribution in [-0.2, 0) is 0 Å². The van der Waals surface area contributed by atoms with Gasteiger partial charge in [0.15, 0.2) is 0 Å². The molecule has 0 aromatic carbocycles. The lowest BCUT2D eigenvalue weighted by Crippen LogP contribution is -2.09. The molecule has 6 heteroatoms. The second kappa shape index (κ2) is 5.17. The van der Waals surface area contributed by atoms with Gasteiger partial charge in [0.1, 0.15) is 21.3 Å². The molecule has 0 aliphatic heterocycles. The molecule has 4 nitrogen and oxygen atoms in total. The maximum absolute atomic E-state index is 4.59. The zero-order chi connectivity index (χ0) is 13.4. The number of hydrogen-bond acceptors (Lipinski definition) is 5. The van der Waals surface area contributed by atoms with E-state index >= 15 is 0 Å². The lowest BCUT2D eigenvalue weighted by atomic mass is 10.3. The Labute approximate surface area is 124 Å². The van der Waals surface area contributed by atoms with Gasteiger partial charge in [-0.3, -0.25) is 0 Å². The summed E-state index contributed by atoms with van der Waals surface area (Å²) in [5, 5.41) is 4.49. The average molecular weight is 339 g/mol. The average Bonchev–Trinajstić information content (AvgIpc) is 3.11. The molecule has 1 atom stereocenters. The van der Waals surface area contributed by atoms with Crippen molar-refractivity contribution in [2.24, 2.45) is 0 Å². The van der Waals surface area contributed by atoms with Gasteiger partial charge in [0, 0.05) is 23.1 Å². The van der Waals surface area contributed by atoms with E-state index in [2.05, 4.69) is 50.0 Å². The minimum absolute atomic E-state index is 0.160. The van der Waals surface area contributed by atoms with Crippen molar-refractivity contribution in [3.05, 3.63) is 32.6 Å². The molecule has 0 radical (unpaired) electrons. The summed E-state index contributed by atoms with van der Waals surface area (Å²) < 4.78 is 0.842. The first kappa shape index (κ1) is 13.0. The molecule has 2 aromatic rings. The van der Waals surface area contributed by atoms with Crippen molar-refractivity contribution in [3.8, 4) is 0 Å². The molecule has 0 saturated heterocycles. The Bertz CT molecular complexity index is 594. The molecule has 0 amide bonds. The molecule has 1 aliphatic carbocycles. The number of aryl methyl sites for hydroxylation is 1. The minimum atomic E-state index is 0.160. The number of nitrogens with one attached hydrogen (secondary N) is 1. The third-order valence-corrected chi connectivity index (χ3v) is 4.53.